The van der Waals surface area contributed by atoms with Crippen molar-refractivity contribution in [2.45, 2.75) is 25.6 Å². The van der Waals surface area contributed by atoms with E-state index in [9.17, 15) is 4.79 Å². The van der Waals surface area contributed by atoms with Crippen LogP contribution in [-0.4, -0.2) is 44.3 Å². The van der Waals surface area contributed by atoms with Gasteiger partial charge in [0.1, 0.15) is 6.10 Å². The lowest BCUT2D eigenvalue weighted by molar-refractivity contribution is 0.0695. The van der Waals surface area contributed by atoms with Gasteiger partial charge in [0.25, 0.3) is 0 Å². The Labute approximate surface area is 119 Å². The lowest BCUT2D eigenvalue weighted by atomic mass is 10.1. The van der Waals surface area contributed by atoms with Gasteiger partial charge in [0.2, 0.25) is 0 Å². The zero-order chi connectivity index (χ0) is 14.1. The fourth-order valence-corrected chi connectivity index (χ4v) is 2.73. The van der Waals surface area contributed by atoms with E-state index in [0.717, 1.165) is 19.5 Å². The van der Waals surface area contributed by atoms with Gasteiger partial charge in [-0.2, -0.15) is 0 Å². The summed E-state index contributed by atoms with van der Waals surface area (Å²) in [6, 6.07) is 6.35. The molecule has 3 rings (SSSR count). The van der Waals surface area contributed by atoms with Crippen molar-refractivity contribution in [1.29, 1.82) is 0 Å². The number of anilines is 1. The van der Waals surface area contributed by atoms with E-state index in [1.807, 2.05) is 14.1 Å². The van der Waals surface area contributed by atoms with E-state index in [-0.39, 0.29) is 12.2 Å². The van der Waals surface area contributed by atoms with Crippen LogP contribution >= 0.6 is 0 Å². The molecule has 1 aromatic rings. The normalized spacial score (nSPS) is 20.9. The van der Waals surface area contributed by atoms with Crippen molar-refractivity contribution in [3.63, 3.8) is 0 Å². The number of amides is 1. The zero-order valence-electron chi connectivity index (χ0n) is 12.1. The minimum absolute atomic E-state index is 0.0311. The molecule has 1 saturated heterocycles. The number of ether oxygens (including phenoxy) is 1. The van der Waals surface area contributed by atoms with Crippen molar-refractivity contribution >= 4 is 11.8 Å². The molecule has 5 heteroatoms. The number of rotatable bonds is 2. The Balaban J connectivity index is 1.65. The molecule has 0 saturated carbocycles. The van der Waals surface area contributed by atoms with Crippen LogP contribution in [0, 0.1) is 0 Å². The lowest BCUT2D eigenvalue weighted by Gasteiger charge is -2.18. The van der Waals surface area contributed by atoms with Crippen LogP contribution in [0.3, 0.4) is 0 Å². The Hall–Kier alpha value is -1.75. The van der Waals surface area contributed by atoms with Crippen LogP contribution in [0.5, 0.6) is 0 Å². The Morgan fingerprint density at radius 3 is 2.85 bits per heavy atom. The molecule has 1 unspecified atom stereocenters. The molecule has 0 spiro atoms. The average molecular weight is 275 g/mol. The van der Waals surface area contributed by atoms with E-state index >= 15 is 0 Å². The van der Waals surface area contributed by atoms with Crippen LogP contribution in [0.4, 0.5) is 10.5 Å². The van der Waals surface area contributed by atoms with Crippen LogP contribution < -0.4 is 10.2 Å². The topological polar surface area (TPSA) is 44.8 Å². The molecule has 2 aliphatic heterocycles. The molecule has 0 bridgehead atoms. The summed E-state index contributed by atoms with van der Waals surface area (Å²) in [7, 11) is 4.05. The Bertz CT molecular complexity index is 510. The highest BCUT2D eigenvalue weighted by atomic mass is 16.6. The predicted octanol–water partition coefficient (Wildman–Crippen LogP) is 1.57. The molecule has 1 amide bonds. The first-order chi connectivity index (χ1) is 9.63. The second kappa shape index (κ2) is 5.32. The fourth-order valence-electron chi connectivity index (χ4n) is 2.73. The number of hydrogen-bond acceptors (Lipinski definition) is 4. The van der Waals surface area contributed by atoms with Crippen LogP contribution in [0.2, 0.25) is 0 Å². The maximum atomic E-state index is 12.2. The summed E-state index contributed by atoms with van der Waals surface area (Å²) in [5.74, 6) is 0. The van der Waals surface area contributed by atoms with Crippen molar-refractivity contribution in [2.75, 3.05) is 32.1 Å². The van der Waals surface area contributed by atoms with Crippen molar-refractivity contribution < 1.29 is 9.53 Å². The van der Waals surface area contributed by atoms with E-state index in [1.165, 1.54) is 16.8 Å². The Morgan fingerprint density at radius 2 is 2.15 bits per heavy atom. The van der Waals surface area contributed by atoms with Gasteiger partial charge >= 0.3 is 6.09 Å². The van der Waals surface area contributed by atoms with E-state index in [2.05, 4.69) is 28.4 Å². The van der Waals surface area contributed by atoms with Gasteiger partial charge < -0.3 is 15.0 Å². The first kappa shape index (κ1) is 13.2. The van der Waals surface area contributed by atoms with Gasteiger partial charge in [0.05, 0.1) is 0 Å². The van der Waals surface area contributed by atoms with Gasteiger partial charge in [-0.05, 0) is 36.2 Å². The van der Waals surface area contributed by atoms with Crippen molar-refractivity contribution in [2.24, 2.45) is 0 Å². The molecule has 0 aromatic heterocycles. The van der Waals surface area contributed by atoms with Crippen molar-refractivity contribution in [3.8, 4) is 0 Å². The molecule has 1 atom stereocenters. The molecule has 0 aliphatic carbocycles. The molecule has 1 N–H and O–H groups in total. The van der Waals surface area contributed by atoms with E-state index < -0.39 is 0 Å². The number of nitrogens with one attached hydrogen (secondary N) is 1. The first-order valence-electron chi connectivity index (χ1n) is 7.09. The van der Waals surface area contributed by atoms with E-state index in [4.69, 9.17) is 4.74 Å². The second-order valence-corrected chi connectivity index (χ2v) is 5.70. The molecule has 0 radical (unpaired) electrons. The van der Waals surface area contributed by atoms with Gasteiger partial charge in [-0.15, -0.1) is 0 Å². The lowest BCUT2D eigenvalue weighted by Crippen LogP contribution is -2.31. The predicted molar refractivity (Wildman–Crippen MR) is 77.8 cm³/mol. The van der Waals surface area contributed by atoms with Gasteiger partial charge in [0.15, 0.2) is 0 Å². The smallest absolute Gasteiger partial charge is 0.410 e. The van der Waals surface area contributed by atoms with Crippen LogP contribution in [0.25, 0.3) is 0 Å². The summed E-state index contributed by atoms with van der Waals surface area (Å²) in [5, 5.41) is 3.20. The number of benzene rings is 1. The summed E-state index contributed by atoms with van der Waals surface area (Å²) in [4.78, 5) is 16.0. The molecule has 5 nitrogen and oxygen atoms in total. The highest BCUT2D eigenvalue weighted by Gasteiger charge is 2.27. The average Bonchev–Trinajstić information content (AvgIpc) is 3.05. The summed E-state index contributed by atoms with van der Waals surface area (Å²) in [6.45, 7) is 3.01. The highest BCUT2D eigenvalue weighted by molar-refractivity contribution is 5.69. The van der Waals surface area contributed by atoms with Gasteiger partial charge in [0, 0.05) is 39.4 Å². The van der Waals surface area contributed by atoms with E-state index in [1.54, 1.807) is 4.90 Å². The monoisotopic (exact) mass is 275 g/mol. The summed E-state index contributed by atoms with van der Waals surface area (Å²) in [6.07, 6.45) is 0.752. The van der Waals surface area contributed by atoms with Crippen molar-refractivity contribution in [1.82, 2.24) is 10.2 Å². The molecular weight excluding hydrogens is 254 g/mol. The summed E-state index contributed by atoms with van der Waals surface area (Å²) < 4.78 is 5.52. The summed E-state index contributed by atoms with van der Waals surface area (Å²) in [5.41, 5.74) is 3.61. The molecule has 1 aromatic carbocycles. The van der Waals surface area contributed by atoms with Gasteiger partial charge in [-0.1, -0.05) is 6.07 Å². The first-order valence-corrected chi connectivity index (χ1v) is 7.09. The molecule has 2 aliphatic rings. The van der Waals surface area contributed by atoms with Gasteiger partial charge in [-0.25, -0.2) is 4.79 Å². The minimum Gasteiger partial charge on any atom is -0.445 e. The maximum Gasteiger partial charge on any atom is 0.410 e. The molecule has 2 heterocycles. The molecule has 108 valence electrons. The third-order valence-electron chi connectivity index (χ3n) is 3.97. The number of hydrogen-bond donors (Lipinski definition) is 1. The van der Waals surface area contributed by atoms with Crippen LogP contribution in [-0.2, 0) is 17.8 Å². The molecule has 20 heavy (non-hydrogen) atoms. The fraction of sp³-hybridized carbons (Fsp3) is 0.533. The van der Waals surface area contributed by atoms with Gasteiger partial charge in [-0.3, -0.25) is 4.90 Å². The maximum absolute atomic E-state index is 12.2. The number of fused-ring (bicyclic) bond motifs is 1. The third kappa shape index (κ3) is 2.58. The number of nitrogens with zero attached hydrogens (tertiary/aromatic N) is 2. The quantitative estimate of drug-likeness (QED) is 0.890. The molecule has 1 fully saturated rings. The van der Waals surface area contributed by atoms with Crippen molar-refractivity contribution in [3.05, 3.63) is 29.3 Å². The number of carbonyl (C=O) groups is 1. The van der Waals surface area contributed by atoms with Crippen LogP contribution in [0.1, 0.15) is 17.5 Å². The summed E-state index contributed by atoms with van der Waals surface area (Å²) >= 11 is 0. The Kier molecular flexibility index (Phi) is 3.53. The van der Waals surface area contributed by atoms with Crippen LogP contribution in [0.15, 0.2) is 18.2 Å². The Morgan fingerprint density at radius 1 is 1.35 bits per heavy atom. The SMILES string of the molecule is CN(C)c1ccc2c(c1)CN(C(=O)OC1CCNC1)C2. The number of carbonyl (C=O) groups excluding carboxylic acids is 1. The zero-order valence-corrected chi connectivity index (χ0v) is 12.1. The van der Waals surface area contributed by atoms with E-state index in [0.29, 0.717) is 13.1 Å². The third-order valence-corrected chi connectivity index (χ3v) is 3.97. The second-order valence-electron chi connectivity index (χ2n) is 5.70. The standard InChI is InChI=1S/C15H21N3O2/c1-17(2)13-4-3-11-9-18(10-12(11)7-13)15(19)20-14-5-6-16-8-14/h3-4,7,14,16H,5-6,8-10H2,1-2H3. The minimum atomic E-state index is -0.193. The highest BCUT2D eigenvalue weighted by Crippen LogP contribution is 2.27. The molecular formula is C15H21N3O2. The largest absolute Gasteiger partial charge is 0.445 e.